The summed E-state index contributed by atoms with van der Waals surface area (Å²) in [7, 11) is 0. The second kappa shape index (κ2) is 11.3. The molecule has 0 radical (unpaired) electrons. The molecular formula is C19H28N4O2. The number of amides is 2. The Balaban J connectivity index is 1.52. The molecule has 2 amide bonds. The highest BCUT2D eigenvalue weighted by Crippen LogP contribution is 2.16. The molecule has 0 fully saturated rings. The van der Waals surface area contributed by atoms with Crippen LogP contribution < -0.4 is 10.9 Å². The fourth-order valence-corrected chi connectivity index (χ4v) is 2.86. The van der Waals surface area contributed by atoms with Gasteiger partial charge >= 0.3 is 0 Å². The Bertz CT molecular complexity index is 504. The van der Waals surface area contributed by atoms with Crippen LogP contribution in [0.5, 0.6) is 0 Å². The van der Waals surface area contributed by atoms with E-state index in [2.05, 4.69) is 45.4 Å². The average molecular weight is 344 g/mol. The van der Waals surface area contributed by atoms with Gasteiger partial charge in [-0.1, -0.05) is 24.3 Å². The van der Waals surface area contributed by atoms with Crippen molar-refractivity contribution in [1.29, 1.82) is 0 Å². The van der Waals surface area contributed by atoms with Crippen molar-refractivity contribution in [3.05, 3.63) is 24.3 Å². The number of hydrazone groups is 2. The largest absolute Gasteiger partial charge is 0.273 e. The Morgan fingerprint density at radius 1 is 0.840 bits per heavy atom. The molecule has 2 rings (SSSR count). The van der Waals surface area contributed by atoms with E-state index in [0.717, 1.165) is 38.5 Å². The summed E-state index contributed by atoms with van der Waals surface area (Å²) in [5.41, 5.74) is 5.06. The quantitative estimate of drug-likeness (QED) is 0.403. The molecular weight excluding hydrogens is 316 g/mol. The van der Waals surface area contributed by atoms with Crippen LogP contribution >= 0.6 is 0 Å². The van der Waals surface area contributed by atoms with Gasteiger partial charge in [0, 0.05) is 25.3 Å². The minimum Gasteiger partial charge on any atom is -0.273 e. The highest BCUT2D eigenvalue weighted by atomic mass is 16.2. The molecule has 0 saturated carbocycles. The summed E-state index contributed by atoms with van der Waals surface area (Å²) in [5.74, 6) is 0.503. The first kappa shape index (κ1) is 19.1. The molecule has 6 nitrogen and oxygen atoms in total. The number of allylic oxidation sites excluding steroid dienone is 4. The topological polar surface area (TPSA) is 82.9 Å². The van der Waals surface area contributed by atoms with E-state index in [-0.39, 0.29) is 24.7 Å². The lowest BCUT2D eigenvalue weighted by molar-refractivity contribution is -0.122. The molecule has 2 aliphatic carbocycles. The zero-order valence-corrected chi connectivity index (χ0v) is 14.7. The van der Waals surface area contributed by atoms with Crippen LogP contribution in [0.3, 0.4) is 0 Å². The van der Waals surface area contributed by atoms with Gasteiger partial charge in [-0.25, -0.2) is 10.9 Å². The normalized spacial score (nSPS) is 23.2. The van der Waals surface area contributed by atoms with Crippen molar-refractivity contribution >= 4 is 24.2 Å². The lowest BCUT2D eigenvalue weighted by atomic mass is 9.96. The standard InChI is InChI=1S/C19H28N4O2/c24-18(22-20-14-16-8-3-1-4-9-16)12-7-13-19(25)23-21-15-17-10-5-2-6-11-17/h1-3,5,14-17H,4,6-13H2,(H,22,24)(H,23,25)/t16-,17-/m0/s1. The van der Waals surface area contributed by atoms with Gasteiger partial charge in [-0.3, -0.25) is 9.59 Å². The Kier molecular flexibility index (Phi) is 8.66. The highest BCUT2D eigenvalue weighted by Gasteiger charge is 2.08. The van der Waals surface area contributed by atoms with E-state index in [1.54, 1.807) is 0 Å². The van der Waals surface area contributed by atoms with E-state index in [0.29, 0.717) is 18.3 Å². The summed E-state index contributed by atoms with van der Waals surface area (Å²) in [4.78, 5) is 23.4. The molecule has 136 valence electrons. The van der Waals surface area contributed by atoms with Gasteiger partial charge in [-0.05, 0) is 56.8 Å². The first-order chi connectivity index (χ1) is 12.2. The molecule has 0 aromatic heterocycles. The van der Waals surface area contributed by atoms with Crippen molar-refractivity contribution in [2.24, 2.45) is 22.0 Å². The molecule has 0 saturated heterocycles. The summed E-state index contributed by atoms with van der Waals surface area (Å²) in [6.07, 6.45) is 19.6. The SMILES string of the molecule is O=C(CCCC(=O)NN=C[C@H]1CC=CCC1)NN=C[C@H]1CC=CCC1. The third-order valence-electron chi connectivity index (χ3n) is 4.38. The molecule has 0 aromatic carbocycles. The zero-order valence-electron chi connectivity index (χ0n) is 14.7. The molecule has 2 N–H and O–H groups in total. The third kappa shape index (κ3) is 8.42. The number of nitrogens with zero attached hydrogens (tertiary/aromatic N) is 2. The molecule has 0 unspecified atom stereocenters. The Labute approximate surface area is 149 Å². The van der Waals surface area contributed by atoms with E-state index in [9.17, 15) is 9.59 Å². The maximum Gasteiger partial charge on any atom is 0.240 e. The van der Waals surface area contributed by atoms with Gasteiger partial charge in [-0.2, -0.15) is 10.2 Å². The highest BCUT2D eigenvalue weighted by molar-refractivity contribution is 5.79. The summed E-state index contributed by atoms with van der Waals surface area (Å²) < 4.78 is 0. The maximum atomic E-state index is 11.7. The van der Waals surface area contributed by atoms with Crippen molar-refractivity contribution in [2.75, 3.05) is 0 Å². The number of nitrogens with one attached hydrogen (secondary N) is 2. The van der Waals surface area contributed by atoms with Gasteiger partial charge in [0.2, 0.25) is 11.8 Å². The zero-order chi connectivity index (χ0) is 17.7. The molecule has 0 bridgehead atoms. The Morgan fingerprint density at radius 2 is 1.32 bits per heavy atom. The predicted molar refractivity (Wildman–Crippen MR) is 100 cm³/mol. The molecule has 0 heterocycles. The Hall–Kier alpha value is -2.24. The second-order valence-corrected chi connectivity index (χ2v) is 6.57. The predicted octanol–water partition coefficient (Wildman–Crippen LogP) is 3.07. The van der Waals surface area contributed by atoms with Gasteiger partial charge in [0.15, 0.2) is 0 Å². The third-order valence-corrected chi connectivity index (χ3v) is 4.38. The minimum absolute atomic E-state index is 0.159. The summed E-state index contributed by atoms with van der Waals surface area (Å²) in [5, 5.41) is 8.01. The summed E-state index contributed by atoms with van der Waals surface area (Å²) in [6, 6.07) is 0. The molecule has 2 atom stereocenters. The lowest BCUT2D eigenvalue weighted by Gasteiger charge is -2.11. The number of carbonyl (C=O) groups excluding carboxylic acids is 2. The monoisotopic (exact) mass is 344 g/mol. The van der Waals surface area contributed by atoms with Crippen molar-refractivity contribution in [3.63, 3.8) is 0 Å². The van der Waals surface area contributed by atoms with Crippen molar-refractivity contribution in [3.8, 4) is 0 Å². The van der Waals surface area contributed by atoms with Crippen LogP contribution in [0.1, 0.15) is 57.8 Å². The molecule has 0 aliphatic heterocycles. The van der Waals surface area contributed by atoms with Crippen LogP contribution in [0.25, 0.3) is 0 Å². The number of hydrogen-bond acceptors (Lipinski definition) is 4. The van der Waals surface area contributed by atoms with Crippen molar-refractivity contribution < 1.29 is 9.59 Å². The smallest absolute Gasteiger partial charge is 0.240 e. The molecule has 0 aromatic rings. The molecule has 0 spiro atoms. The Morgan fingerprint density at radius 3 is 1.72 bits per heavy atom. The summed E-state index contributed by atoms with van der Waals surface area (Å²) in [6.45, 7) is 0. The van der Waals surface area contributed by atoms with E-state index in [1.807, 2.05) is 12.4 Å². The number of carbonyl (C=O) groups is 2. The minimum atomic E-state index is -0.159. The molecule has 25 heavy (non-hydrogen) atoms. The van der Waals surface area contributed by atoms with Crippen LogP contribution in [0, 0.1) is 11.8 Å². The van der Waals surface area contributed by atoms with Crippen LogP contribution in [-0.4, -0.2) is 24.2 Å². The van der Waals surface area contributed by atoms with Crippen molar-refractivity contribution in [1.82, 2.24) is 10.9 Å². The molecule has 6 heteroatoms. The number of rotatable bonds is 8. The van der Waals surface area contributed by atoms with E-state index < -0.39 is 0 Å². The number of hydrogen-bond donors (Lipinski definition) is 2. The first-order valence-electron chi connectivity index (χ1n) is 9.18. The van der Waals surface area contributed by atoms with E-state index in [1.165, 1.54) is 0 Å². The van der Waals surface area contributed by atoms with Gasteiger partial charge < -0.3 is 0 Å². The van der Waals surface area contributed by atoms with Crippen LogP contribution in [0.2, 0.25) is 0 Å². The van der Waals surface area contributed by atoms with Crippen LogP contribution in [0.4, 0.5) is 0 Å². The lowest BCUT2D eigenvalue weighted by Crippen LogP contribution is -2.21. The fraction of sp³-hybridized carbons (Fsp3) is 0.579. The second-order valence-electron chi connectivity index (χ2n) is 6.57. The van der Waals surface area contributed by atoms with Crippen molar-refractivity contribution in [2.45, 2.75) is 57.8 Å². The summed E-state index contributed by atoms with van der Waals surface area (Å²) >= 11 is 0. The van der Waals surface area contributed by atoms with E-state index >= 15 is 0 Å². The van der Waals surface area contributed by atoms with Gasteiger partial charge in [0.1, 0.15) is 0 Å². The van der Waals surface area contributed by atoms with Gasteiger partial charge in [-0.15, -0.1) is 0 Å². The van der Waals surface area contributed by atoms with Gasteiger partial charge in [0.25, 0.3) is 0 Å². The maximum absolute atomic E-state index is 11.7. The fourth-order valence-electron chi connectivity index (χ4n) is 2.86. The van der Waals surface area contributed by atoms with Crippen LogP contribution in [0.15, 0.2) is 34.5 Å². The van der Waals surface area contributed by atoms with E-state index in [4.69, 9.17) is 0 Å². The van der Waals surface area contributed by atoms with Crippen LogP contribution in [-0.2, 0) is 9.59 Å². The average Bonchev–Trinajstić information content (AvgIpc) is 2.63. The first-order valence-corrected chi connectivity index (χ1v) is 9.18. The van der Waals surface area contributed by atoms with Gasteiger partial charge in [0.05, 0.1) is 0 Å². The molecule has 2 aliphatic rings.